The Labute approximate surface area is 133 Å². The maximum absolute atomic E-state index is 13.2. The Morgan fingerprint density at radius 3 is 2.57 bits per heavy atom. The van der Waals surface area contributed by atoms with Crippen LogP contribution in [0.3, 0.4) is 0 Å². The van der Waals surface area contributed by atoms with Gasteiger partial charge in [-0.2, -0.15) is 0 Å². The lowest BCUT2D eigenvalue weighted by molar-refractivity contribution is 0.102. The largest absolute Gasteiger partial charge is 0.495 e. The standard InChI is InChI=1S/C14H9BrClF2NO2/c1-21-13-3-2-7(15)4-12(13)19-14(20)8-5-10(17)11(18)6-9(8)16/h2-6H,1H3,(H,19,20). The molecule has 0 unspecified atom stereocenters. The van der Waals surface area contributed by atoms with Gasteiger partial charge in [-0.15, -0.1) is 0 Å². The number of ether oxygens (including phenoxy) is 1. The van der Waals surface area contributed by atoms with Gasteiger partial charge in [0.15, 0.2) is 11.6 Å². The Morgan fingerprint density at radius 1 is 1.24 bits per heavy atom. The van der Waals surface area contributed by atoms with Gasteiger partial charge in [0.1, 0.15) is 5.75 Å². The molecular weight excluding hydrogens is 368 g/mol. The average Bonchev–Trinajstić information content (AvgIpc) is 2.43. The Bertz CT molecular complexity index is 710. The molecule has 0 aliphatic heterocycles. The molecule has 0 bridgehead atoms. The van der Waals surface area contributed by atoms with Gasteiger partial charge < -0.3 is 10.1 Å². The van der Waals surface area contributed by atoms with Gasteiger partial charge in [-0.25, -0.2) is 8.78 Å². The maximum Gasteiger partial charge on any atom is 0.257 e. The quantitative estimate of drug-likeness (QED) is 0.793. The Hall–Kier alpha value is -1.66. The van der Waals surface area contributed by atoms with E-state index in [9.17, 15) is 13.6 Å². The second-order valence-corrected chi connectivity index (χ2v) is 5.37. The van der Waals surface area contributed by atoms with Crippen molar-refractivity contribution >= 4 is 39.1 Å². The molecule has 0 spiro atoms. The average molecular weight is 377 g/mol. The highest BCUT2D eigenvalue weighted by Crippen LogP contribution is 2.29. The molecular formula is C14H9BrClF2NO2. The first-order chi connectivity index (χ1) is 9.92. The number of rotatable bonds is 3. The van der Waals surface area contributed by atoms with Crippen LogP contribution in [0.5, 0.6) is 5.75 Å². The topological polar surface area (TPSA) is 38.3 Å². The smallest absolute Gasteiger partial charge is 0.257 e. The summed E-state index contributed by atoms with van der Waals surface area (Å²) in [4.78, 5) is 12.1. The lowest BCUT2D eigenvalue weighted by Gasteiger charge is -2.11. The monoisotopic (exact) mass is 375 g/mol. The molecule has 21 heavy (non-hydrogen) atoms. The summed E-state index contributed by atoms with van der Waals surface area (Å²) in [7, 11) is 1.45. The minimum absolute atomic E-state index is 0.169. The third-order valence-corrected chi connectivity index (χ3v) is 3.47. The van der Waals surface area contributed by atoms with E-state index in [1.165, 1.54) is 7.11 Å². The van der Waals surface area contributed by atoms with Crippen molar-refractivity contribution in [2.45, 2.75) is 0 Å². The molecule has 3 nitrogen and oxygen atoms in total. The number of benzene rings is 2. The normalized spacial score (nSPS) is 10.3. The van der Waals surface area contributed by atoms with Crippen LogP contribution in [0.25, 0.3) is 0 Å². The molecule has 0 saturated heterocycles. The predicted molar refractivity (Wildman–Crippen MR) is 80.0 cm³/mol. The summed E-state index contributed by atoms with van der Waals surface area (Å²) >= 11 is 9.02. The fourth-order valence-electron chi connectivity index (χ4n) is 1.66. The van der Waals surface area contributed by atoms with Crippen LogP contribution in [0.4, 0.5) is 14.5 Å². The zero-order valence-corrected chi connectivity index (χ0v) is 13.1. The molecule has 0 atom stereocenters. The molecule has 2 aromatic carbocycles. The van der Waals surface area contributed by atoms with Crippen LogP contribution in [0.2, 0.25) is 5.02 Å². The van der Waals surface area contributed by atoms with Crippen molar-refractivity contribution in [3.63, 3.8) is 0 Å². The molecule has 0 radical (unpaired) electrons. The summed E-state index contributed by atoms with van der Waals surface area (Å²) in [5.41, 5.74) is 0.204. The second kappa shape index (κ2) is 6.41. The number of amides is 1. The lowest BCUT2D eigenvalue weighted by Crippen LogP contribution is -2.14. The summed E-state index contributed by atoms with van der Waals surface area (Å²) in [6.45, 7) is 0. The van der Waals surface area contributed by atoms with E-state index >= 15 is 0 Å². The zero-order chi connectivity index (χ0) is 15.6. The molecule has 0 heterocycles. The van der Waals surface area contributed by atoms with Crippen molar-refractivity contribution in [1.82, 2.24) is 0 Å². The number of nitrogens with one attached hydrogen (secondary N) is 1. The molecule has 2 aromatic rings. The predicted octanol–water partition coefficient (Wildman–Crippen LogP) is 4.64. The molecule has 2 rings (SSSR count). The molecule has 7 heteroatoms. The summed E-state index contributed by atoms with van der Waals surface area (Å²) in [6.07, 6.45) is 0. The zero-order valence-electron chi connectivity index (χ0n) is 10.7. The lowest BCUT2D eigenvalue weighted by atomic mass is 10.2. The molecule has 0 fully saturated rings. The third kappa shape index (κ3) is 3.51. The minimum Gasteiger partial charge on any atom is -0.495 e. The van der Waals surface area contributed by atoms with E-state index < -0.39 is 17.5 Å². The molecule has 0 aliphatic rings. The van der Waals surface area contributed by atoms with Crippen molar-refractivity contribution in [2.75, 3.05) is 12.4 Å². The molecule has 1 amide bonds. The van der Waals surface area contributed by atoms with Crippen LogP contribution in [-0.2, 0) is 0 Å². The van der Waals surface area contributed by atoms with Gasteiger partial charge >= 0.3 is 0 Å². The first-order valence-electron chi connectivity index (χ1n) is 5.72. The number of carbonyl (C=O) groups excluding carboxylic acids is 1. The second-order valence-electron chi connectivity index (χ2n) is 4.04. The van der Waals surface area contributed by atoms with Crippen molar-refractivity contribution < 1.29 is 18.3 Å². The molecule has 110 valence electrons. The highest BCUT2D eigenvalue weighted by atomic mass is 79.9. The van der Waals surface area contributed by atoms with Crippen molar-refractivity contribution in [3.8, 4) is 5.75 Å². The molecule has 1 N–H and O–H groups in total. The van der Waals surface area contributed by atoms with Crippen LogP contribution < -0.4 is 10.1 Å². The van der Waals surface area contributed by atoms with E-state index in [0.717, 1.165) is 16.6 Å². The van der Waals surface area contributed by atoms with Gasteiger partial charge in [0.05, 0.1) is 23.4 Å². The highest BCUT2D eigenvalue weighted by molar-refractivity contribution is 9.10. The van der Waals surface area contributed by atoms with Gasteiger partial charge in [-0.1, -0.05) is 27.5 Å². The van der Waals surface area contributed by atoms with Gasteiger partial charge in [0, 0.05) is 4.47 Å². The first-order valence-corrected chi connectivity index (χ1v) is 6.89. The van der Waals surface area contributed by atoms with E-state index in [-0.39, 0.29) is 10.6 Å². The first kappa shape index (κ1) is 15.7. The van der Waals surface area contributed by atoms with Crippen LogP contribution in [0, 0.1) is 11.6 Å². The van der Waals surface area contributed by atoms with Crippen molar-refractivity contribution in [3.05, 3.63) is 57.0 Å². The third-order valence-electron chi connectivity index (χ3n) is 2.66. The number of carbonyl (C=O) groups is 1. The van der Waals surface area contributed by atoms with Crippen LogP contribution in [-0.4, -0.2) is 13.0 Å². The van der Waals surface area contributed by atoms with Crippen LogP contribution >= 0.6 is 27.5 Å². The van der Waals surface area contributed by atoms with E-state index in [1.807, 2.05) is 0 Å². The molecule has 0 aromatic heterocycles. The number of methoxy groups -OCH3 is 1. The summed E-state index contributed by atoms with van der Waals surface area (Å²) in [6, 6.07) is 6.50. The summed E-state index contributed by atoms with van der Waals surface area (Å²) in [5, 5.41) is 2.36. The Morgan fingerprint density at radius 2 is 1.90 bits per heavy atom. The van der Waals surface area contributed by atoms with Gasteiger partial charge in [-0.05, 0) is 30.3 Å². The number of hydrogen-bond donors (Lipinski definition) is 1. The van der Waals surface area contributed by atoms with Crippen LogP contribution in [0.15, 0.2) is 34.8 Å². The van der Waals surface area contributed by atoms with Crippen molar-refractivity contribution in [1.29, 1.82) is 0 Å². The van der Waals surface area contributed by atoms with Crippen molar-refractivity contribution in [2.24, 2.45) is 0 Å². The maximum atomic E-state index is 13.2. The summed E-state index contributed by atoms with van der Waals surface area (Å²) < 4.78 is 32.1. The van der Waals surface area contributed by atoms with Gasteiger partial charge in [0.25, 0.3) is 5.91 Å². The van der Waals surface area contributed by atoms with E-state index in [4.69, 9.17) is 16.3 Å². The Kier molecular flexibility index (Phi) is 4.80. The van der Waals surface area contributed by atoms with Gasteiger partial charge in [-0.3, -0.25) is 4.79 Å². The van der Waals surface area contributed by atoms with Crippen LogP contribution in [0.1, 0.15) is 10.4 Å². The van der Waals surface area contributed by atoms with Gasteiger partial charge in [0.2, 0.25) is 0 Å². The molecule has 0 saturated carbocycles. The van der Waals surface area contributed by atoms with E-state index in [1.54, 1.807) is 18.2 Å². The SMILES string of the molecule is COc1ccc(Br)cc1NC(=O)c1cc(F)c(F)cc1Cl. The highest BCUT2D eigenvalue weighted by Gasteiger charge is 2.16. The Balaban J connectivity index is 2.34. The van der Waals surface area contributed by atoms with E-state index in [2.05, 4.69) is 21.2 Å². The number of hydrogen-bond acceptors (Lipinski definition) is 2. The fraction of sp³-hybridized carbons (Fsp3) is 0.0714. The van der Waals surface area contributed by atoms with E-state index in [0.29, 0.717) is 11.4 Å². The number of anilines is 1. The molecule has 0 aliphatic carbocycles. The minimum atomic E-state index is -1.15. The number of halogens is 4. The summed E-state index contributed by atoms with van der Waals surface area (Å²) in [5.74, 6) is -2.51. The fourth-order valence-corrected chi connectivity index (χ4v) is 2.26.